The van der Waals surface area contributed by atoms with Crippen molar-refractivity contribution in [1.29, 1.82) is 0 Å². The van der Waals surface area contributed by atoms with Crippen molar-refractivity contribution in [3.8, 4) is 0 Å². The van der Waals surface area contributed by atoms with Gasteiger partial charge in [-0.2, -0.15) is 0 Å². The van der Waals surface area contributed by atoms with Gasteiger partial charge in [-0.25, -0.2) is 3.11 Å². The third-order valence-corrected chi connectivity index (χ3v) is 8.66. The number of hydrogen-bond acceptors (Lipinski definition) is 7. The number of piperazine rings is 3. The van der Waals surface area contributed by atoms with Gasteiger partial charge in [-0.05, 0) is 53.0 Å². The molecule has 0 bridgehead atoms. The monoisotopic (exact) mass is 564 g/mol. The zero-order chi connectivity index (χ0) is 22.8. The third kappa shape index (κ3) is 8.91. The Balaban J connectivity index is 1.50. The molecule has 0 aromatic heterocycles. The van der Waals surface area contributed by atoms with Gasteiger partial charge in [0.05, 0.1) is 0 Å². The highest BCUT2D eigenvalue weighted by Gasteiger charge is 2.37. The van der Waals surface area contributed by atoms with E-state index in [0.29, 0.717) is 12.1 Å². The van der Waals surface area contributed by atoms with E-state index in [4.69, 9.17) is 4.74 Å². The highest BCUT2D eigenvalue weighted by molar-refractivity contribution is 14.1. The number of methoxy groups -OCH3 is 1. The predicted molar refractivity (Wildman–Crippen MR) is 143 cm³/mol. The van der Waals surface area contributed by atoms with Crippen molar-refractivity contribution in [1.82, 2.24) is 27.6 Å². The molecule has 3 aliphatic heterocycles. The fourth-order valence-electron chi connectivity index (χ4n) is 5.63. The van der Waals surface area contributed by atoms with E-state index in [2.05, 4.69) is 64.6 Å². The van der Waals surface area contributed by atoms with Gasteiger partial charge in [-0.1, -0.05) is 12.8 Å². The van der Waals surface area contributed by atoms with Crippen LogP contribution in [0.1, 0.15) is 32.1 Å². The first-order valence-electron chi connectivity index (χ1n) is 13.0. The molecule has 3 rings (SSSR count). The van der Waals surface area contributed by atoms with Crippen LogP contribution in [0.4, 0.5) is 0 Å². The number of likely N-dealkylation sites (N-methyl/N-ethyl adjacent to an activating group) is 2. The highest BCUT2D eigenvalue weighted by atomic mass is 127. The van der Waals surface area contributed by atoms with Crippen LogP contribution in [0.25, 0.3) is 0 Å². The Kier molecular flexibility index (Phi) is 12.5. The zero-order valence-electron chi connectivity index (χ0n) is 21.1. The second kappa shape index (κ2) is 14.8. The summed E-state index contributed by atoms with van der Waals surface area (Å²) in [5.41, 5.74) is 0. The number of nitrogens with zero attached hydrogens (tertiary/aromatic N) is 6. The van der Waals surface area contributed by atoms with E-state index < -0.39 is 0 Å². The average molecular weight is 565 g/mol. The summed E-state index contributed by atoms with van der Waals surface area (Å²) in [7, 11) is 6.45. The summed E-state index contributed by atoms with van der Waals surface area (Å²) in [6, 6.07) is 1.33. The minimum absolute atomic E-state index is 0.663. The van der Waals surface area contributed by atoms with E-state index in [1.54, 1.807) is 0 Å². The van der Waals surface area contributed by atoms with E-state index >= 15 is 0 Å². The Labute approximate surface area is 211 Å². The Morgan fingerprint density at radius 2 is 1.22 bits per heavy atom. The summed E-state index contributed by atoms with van der Waals surface area (Å²) < 4.78 is 7.64. The van der Waals surface area contributed by atoms with Gasteiger partial charge in [-0.15, -0.1) is 0 Å². The molecule has 3 fully saturated rings. The van der Waals surface area contributed by atoms with Crippen LogP contribution < -0.4 is 0 Å². The second-order valence-electron chi connectivity index (χ2n) is 10.2. The van der Waals surface area contributed by atoms with Gasteiger partial charge in [0.25, 0.3) is 0 Å². The van der Waals surface area contributed by atoms with Crippen molar-refractivity contribution in [2.24, 2.45) is 0 Å². The SMILES string of the molecule is COCCCCCCN1CCN(C)CC1C1CN(C)CCN1CCCN1CCN(I)CC1. The summed E-state index contributed by atoms with van der Waals surface area (Å²) >= 11 is 2.47. The average Bonchev–Trinajstić information content (AvgIpc) is 2.79. The number of unbranched alkanes of at least 4 members (excludes halogenated alkanes) is 3. The van der Waals surface area contributed by atoms with Crippen LogP contribution in [0.5, 0.6) is 0 Å². The molecule has 8 heteroatoms. The third-order valence-electron chi connectivity index (χ3n) is 7.70. The molecule has 0 spiro atoms. The van der Waals surface area contributed by atoms with Crippen LogP contribution in [0, 0.1) is 0 Å². The topological polar surface area (TPSA) is 28.7 Å². The zero-order valence-corrected chi connectivity index (χ0v) is 23.2. The molecule has 32 heavy (non-hydrogen) atoms. The second-order valence-corrected chi connectivity index (χ2v) is 11.6. The van der Waals surface area contributed by atoms with Crippen molar-refractivity contribution in [2.45, 2.75) is 44.2 Å². The van der Waals surface area contributed by atoms with Gasteiger partial charge < -0.3 is 19.4 Å². The van der Waals surface area contributed by atoms with Crippen molar-refractivity contribution in [2.75, 3.05) is 113 Å². The summed E-state index contributed by atoms with van der Waals surface area (Å²) in [5.74, 6) is 0. The maximum Gasteiger partial charge on any atom is 0.0462 e. The van der Waals surface area contributed by atoms with Crippen molar-refractivity contribution in [3.05, 3.63) is 0 Å². The fraction of sp³-hybridized carbons (Fsp3) is 1.00. The molecule has 188 valence electrons. The van der Waals surface area contributed by atoms with Crippen LogP contribution in [-0.2, 0) is 4.74 Å². The van der Waals surface area contributed by atoms with Crippen LogP contribution in [0.2, 0.25) is 0 Å². The lowest BCUT2D eigenvalue weighted by Gasteiger charge is -2.50. The Morgan fingerprint density at radius 1 is 0.656 bits per heavy atom. The lowest BCUT2D eigenvalue weighted by Crippen LogP contribution is -2.66. The highest BCUT2D eigenvalue weighted by Crippen LogP contribution is 2.21. The molecule has 0 aliphatic carbocycles. The summed E-state index contributed by atoms with van der Waals surface area (Å²) in [6.07, 6.45) is 6.48. The molecule has 7 nitrogen and oxygen atoms in total. The Hall–Kier alpha value is 0.450. The Bertz CT molecular complexity index is 507. The molecule has 0 N–H and O–H groups in total. The van der Waals surface area contributed by atoms with E-state index in [-0.39, 0.29) is 0 Å². The van der Waals surface area contributed by atoms with Gasteiger partial charge >= 0.3 is 0 Å². The number of halogens is 1. The van der Waals surface area contributed by atoms with Crippen LogP contribution >= 0.6 is 22.9 Å². The molecule has 0 saturated carbocycles. The Morgan fingerprint density at radius 3 is 1.81 bits per heavy atom. The summed E-state index contributed by atoms with van der Waals surface area (Å²) in [4.78, 5) is 13.5. The normalized spacial score (nSPS) is 28.5. The molecule has 0 amide bonds. The lowest BCUT2D eigenvalue weighted by molar-refractivity contribution is -0.0129. The molecular formula is C24H49IN6O. The predicted octanol–water partition coefficient (Wildman–Crippen LogP) is 1.78. The molecule has 0 aromatic carbocycles. The molecule has 0 radical (unpaired) electrons. The quantitative estimate of drug-likeness (QED) is 0.203. The first-order chi connectivity index (χ1) is 15.6. The first-order valence-corrected chi connectivity index (χ1v) is 14.0. The van der Waals surface area contributed by atoms with Gasteiger partial charge in [0.15, 0.2) is 0 Å². The number of rotatable bonds is 12. The van der Waals surface area contributed by atoms with Crippen molar-refractivity contribution >= 4 is 22.9 Å². The largest absolute Gasteiger partial charge is 0.385 e. The molecule has 2 unspecified atom stereocenters. The van der Waals surface area contributed by atoms with Gasteiger partial charge in [0.2, 0.25) is 0 Å². The lowest BCUT2D eigenvalue weighted by atomic mass is 9.98. The molecule has 0 aromatic rings. The standard InChI is InChI=1S/C24H49IN6O/c1-26-12-16-29(10-6-4-5-7-20-32-3)23(21-26)24-22-27(2)13-17-30(24)11-8-9-28-14-18-31(25)19-15-28/h23-24H,4-22H2,1-3H3. The van der Waals surface area contributed by atoms with Crippen LogP contribution in [0.3, 0.4) is 0 Å². The maximum absolute atomic E-state index is 5.21. The van der Waals surface area contributed by atoms with E-state index in [0.717, 1.165) is 6.61 Å². The fourth-order valence-corrected chi connectivity index (χ4v) is 6.06. The minimum Gasteiger partial charge on any atom is -0.385 e. The summed E-state index contributed by atoms with van der Waals surface area (Å²) in [5, 5.41) is 0. The minimum atomic E-state index is 0.663. The first kappa shape index (κ1) is 27.0. The molecule has 3 heterocycles. The van der Waals surface area contributed by atoms with Crippen molar-refractivity contribution in [3.63, 3.8) is 0 Å². The molecule has 3 saturated heterocycles. The van der Waals surface area contributed by atoms with Gasteiger partial charge in [-0.3, -0.25) is 9.80 Å². The molecular weight excluding hydrogens is 515 g/mol. The van der Waals surface area contributed by atoms with E-state index in [9.17, 15) is 0 Å². The smallest absolute Gasteiger partial charge is 0.0462 e. The van der Waals surface area contributed by atoms with Gasteiger partial charge in [0.1, 0.15) is 0 Å². The van der Waals surface area contributed by atoms with E-state index in [1.165, 1.54) is 117 Å². The van der Waals surface area contributed by atoms with Crippen LogP contribution in [0.15, 0.2) is 0 Å². The number of ether oxygens (including phenoxy) is 1. The van der Waals surface area contributed by atoms with Crippen molar-refractivity contribution < 1.29 is 4.74 Å². The van der Waals surface area contributed by atoms with Gasteiger partial charge in [0, 0.05) is 114 Å². The molecule has 3 aliphatic rings. The summed E-state index contributed by atoms with van der Waals surface area (Å²) in [6.45, 7) is 16.9. The van der Waals surface area contributed by atoms with Crippen LogP contribution in [-0.4, -0.2) is 153 Å². The number of hydrogen-bond donors (Lipinski definition) is 0. The maximum atomic E-state index is 5.21. The molecule has 2 atom stereocenters. The van der Waals surface area contributed by atoms with E-state index in [1.807, 2.05) is 7.11 Å².